The Kier molecular flexibility index (Phi) is 5.99. The molecule has 0 aliphatic carbocycles. The van der Waals surface area contributed by atoms with Crippen molar-refractivity contribution in [2.45, 2.75) is 6.42 Å². The molecule has 138 valence electrons. The van der Waals surface area contributed by atoms with Crippen LogP contribution in [0.15, 0.2) is 67.0 Å². The number of halogens is 1. The van der Waals surface area contributed by atoms with E-state index in [0.29, 0.717) is 24.2 Å². The number of anilines is 2. The van der Waals surface area contributed by atoms with Crippen molar-refractivity contribution in [3.63, 3.8) is 0 Å². The highest BCUT2D eigenvalue weighted by molar-refractivity contribution is 5.94. The zero-order chi connectivity index (χ0) is 19.1. The Morgan fingerprint density at radius 1 is 1.04 bits per heavy atom. The van der Waals surface area contributed by atoms with Gasteiger partial charge in [0.2, 0.25) is 0 Å². The largest absolute Gasteiger partial charge is 0.497 e. The lowest BCUT2D eigenvalue weighted by Crippen LogP contribution is -2.25. The highest BCUT2D eigenvalue weighted by Crippen LogP contribution is 2.20. The Hall–Kier alpha value is -3.41. The van der Waals surface area contributed by atoms with Gasteiger partial charge in [0.05, 0.1) is 24.6 Å². The minimum absolute atomic E-state index is 0.206. The van der Waals surface area contributed by atoms with Crippen LogP contribution in [-0.2, 0) is 6.42 Å². The summed E-state index contributed by atoms with van der Waals surface area (Å²) >= 11 is 0. The van der Waals surface area contributed by atoms with Crippen molar-refractivity contribution in [1.29, 1.82) is 0 Å². The van der Waals surface area contributed by atoms with Gasteiger partial charge in [-0.2, -0.15) is 0 Å². The summed E-state index contributed by atoms with van der Waals surface area (Å²) in [5, 5.41) is 6.06. The number of hydrogen-bond acceptors (Lipinski definition) is 4. The Balaban J connectivity index is 1.56. The summed E-state index contributed by atoms with van der Waals surface area (Å²) in [5.74, 6) is 0.297. The van der Waals surface area contributed by atoms with Gasteiger partial charge in [-0.15, -0.1) is 0 Å². The van der Waals surface area contributed by atoms with E-state index in [-0.39, 0.29) is 11.7 Å². The smallest absolute Gasteiger partial charge is 0.252 e. The number of nitrogens with zero attached hydrogens (tertiary/aromatic N) is 1. The molecule has 0 saturated carbocycles. The van der Waals surface area contributed by atoms with Crippen LogP contribution in [0.25, 0.3) is 0 Å². The highest BCUT2D eigenvalue weighted by Gasteiger charge is 2.07. The van der Waals surface area contributed by atoms with Gasteiger partial charge in [-0.05, 0) is 54.4 Å². The number of hydrogen-bond donors (Lipinski definition) is 2. The maximum Gasteiger partial charge on any atom is 0.252 e. The van der Waals surface area contributed by atoms with Gasteiger partial charge < -0.3 is 15.4 Å². The summed E-state index contributed by atoms with van der Waals surface area (Å²) in [6.07, 6.45) is 3.80. The normalized spacial score (nSPS) is 10.3. The fraction of sp³-hybridized carbons (Fsp3) is 0.143. The van der Waals surface area contributed by atoms with E-state index in [4.69, 9.17) is 4.74 Å². The maximum atomic E-state index is 12.9. The van der Waals surface area contributed by atoms with Crippen LogP contribution in [0, 0.1) is 5.82 Å². The quantitative estimate of drug-likeness (QED) is 0.666. The molecule has 3 aromatic rings. The molecule has 0 aliphatic heterocycles. The van der Waals surface area contributed by atoms with Crippen molar-refractivity contribution in [3.05, 3.63) is 83.9 Å². The van der Waals surface area contributed by atoms with Crippen LogP contribution in [0.3, 0.4) is 0 Å². The molecule has 1 amide bonds. The number of carbonyl (C=O) groups excluding carboxylic acids is 1. The second kappa shape index (κ2) is 8.80. The van der Waals surface area contributed by atoms with Crippen molar-refractivity contribution in [2.75, 3.05) is 19.0 Å². The highest BCUT2D eigenvalue weighted by atomic mass is 19.1. The second-order valence-electron chi connectivity index (χ2n) is 5.95. The second-order valence-corrected chi connectivity index (χ2v) is 5.95. The molecule has 0 saturated heterocycles. The SMILES string of the molecule is COc1ccc(Nc2cncc(C(=O)NCCc3ccc(F)cc3)c2)cc1. The molecule has 2 aromatic carbocycles. The summed E-state index contributed by atoms with van der Waals surface area (Å²) in [7, 11) is 1.62. The Labute approximate surface area is 157 Å². The third-order valence-corrected chi connectivity index (χ3v) is 3.99. The van der Waals surface area contributed by atoms with Gasteiger partial charge in [-0.25, -0.2) is 4.39 Å². The number of pyridine rings is 1. The molecule has 5 nitrogen and oxygen atoms in total. The van der Waals surface area contributed by atoms with Gasteiger partial charge >= 0.3 is 0 Å². The number of nitrogens with one attached hydrogen (secondary N) is 2. The number of amides is 1. The molecular weight excluding hydrogens is 345 g/mol. The summed E-state index contributed by atoms with van der Waals surface area (Å²) in [4.78, 5) is 16.4. The van der Waals surface area contributed by atoms with E-state index in [1.54, 1.807) is 31.5 Å². The number of rotatable bonds is 7. The maximum absolute atomic E-state index is 12.9. The number of benzene rings is 2. The first-order valence-electron chi connectivity index (χ1n) is 8.53. The summed E-state index contributed by atoms with van der Waals surface area (Å²) in [5.41, 5.74) is 3.01. The molecule has 3 rings (SSSR count). The first kappa shape index (κ1) is 18.4. The molecule has 6 heteroatoms. The van der Waals surface area contributed by atoms with Crippen molar-refractivity contribution in [2.24, 2.45) is 0 Å². The van der Waals surface area contributed by atoms with E-state index in [2.05, 4.69) is 15.6 Å². The Morgan fingerprint density at radius 2 is 1.78 bits per heavy atom. The average molecular weight is 365 g/mol. The number of ether oxygens (including phenoxy) is 1. The summed E-state index contributed by atoms with van der Waals surface area (Å²) in [6.45, 7) is 0.459. The fourth-order valence-electron chi connectivity index (χ4n) is 2.55. The summed E-state index contributed by atoms with van der Waals surface area (Å²) < 4.78 is 18.0. The van der Waals surface area contributed by atoms with Gasteiger partial charge in [-0.3, -0.25) is 9.78 Å². The minimum atomic E-state index is -0.268. The first-order chi connectivity index (χ1) is 13.1. The molecule has 0 spiro atoms. The van der Waals surface area contributed by atoms with Gasteiger partial charge in [0.1, 0.15) is 11.6 Å². The van der Waals surface area contributed by atoms with Crippen LogP contribution >= 0.6 is 0 Å². The van der Waals surface area contributed by atoms with Crippen LogP contribution in [0.5, 0.6) is 5.75 Å². The van der Waals surface area contributed by atoms with Crippen molar-refractivity contribution >= 4 is 17.3 Å². The van der Waals surface area contributed by atoms with Crippen LogP contribution in [0.4, 0.5) is 15.8 Å². The molecule has 0 bridgehead atoms. The number of aromatic nitrogens is 1. The lowest BCUT2D eigenvalue weighted by molar-refractivity contribution is 0.0954. The molecule has 0 unspecified atom stereocenters. The Morgan fingerprint density at radius 3 is 2.48 bits per heavy atom. The molecule has 2 N–H and O–H groups in total. The van der Waals surface area contributed by atoms with E-state index in [1.807, 2.05) is 24.3 Å². The lowest BCUT2D eigenvalue weighted by atomic mass is 10.1. The molecule has 1 heterocycles. The minimum Gasteiger partial charge on any atom is -0.497 e. The van der Waals surface area contributed by atoms with Gasteiger partial charge in [0.15, 0.2) is 0 Å². The molecule has 27 heavy (non-hydrogen) atoms. The molecule has 1 aromatic heterocycles. The predicted octanol–water partition coefficient (Wildman–Crippen LogP) is 3.95. The van der Waals surface area contributed by atoms with Crippen molar-refractivity contribution in [3.8, 4) is 5.75 Å². The van der Waals surface area contributed by atoms with E-state index in [9.17, 15) is 9.18 Å². The van der Waals surface area contributed by atoms with E-state index >= 15 is 0 Å². The van der Waals surface area contributed by atoms with Crippen molar-refractivity contribution < 1.29 is 13.9 Å². The van der Waals surface area contributed by atoms with E-state index < -0.39 is 0 Å². The third-order valence-electron chi connectivity index (χ3n) is 3.99. The summed E-state index contributed by atoms with van der Waals surface area (Å²) in [6, 6.07) is 15.5. The monoisotopic (exact) mass is 365 g/mol. The number of methoxy groups -OCH3 is 1. The molecule has 0 aliphatic rings. The fourth-order valence-corrected chi connectivity index (χ4v) is 2.55. The van der Waals surface area contributed by atoms with Crippen molar-refractivity contribution in [1.82, 2.24) is 10.3 Å². The lowest BCUT2D eigenvalue weighted by Gasteiger charge is -2.09. The van der Waals surface area contributed by atoms with Gasteiger partial charge in [-0.1, -0.05) is 12.1 Å². The average Bonchev–Trinajstić information content (AvgIpc) is 2.70. The van der Waals surface area contributed by atoms with Crippen LogP contribution in [0.2, 0.25) is 0 Å². The van der Waals surface area contributed by atoms with Gasteiger partial charge in [0, 0.05) is 18.4 Å². The van der Waals surface area contributed by atoms with E-state index in [1.165, 1.54) is 18.3 Å². The third kappa shape index (κ3) is 5.28. The molecular formula is C21H20FN3O2. The first-order valence-corrected chi connectivity index (χ1v) is 8.53. The zero-order valence-corrected chi connectivity index (χ0v) is 14.9. The van der Waals surface area contributed by atoms with Gasteiger partial charge in [0.25, 0.3) is 5.91 Å². The topological polar surface area (TPSA) is 63.2 Å². The molecule has 0 fully saturated rings. The Bertz CT molecular complexity index is 896. The van der Waals surface area contributed by atoms with Crippen LogP contribution < -0.4 is 15.4 Å². The molecule has 0 radical (unpaired) electrons. The number of carbonyl (C=O) groups is 1. The predicted molar refractivity (Wildman–Crippen MR) is 103 cm³/mol. The standard InChI is InChI=1S/C21H20FN3O2/c1-27-20-8-6-18(7-9-20)25-19-12-16(13-23-14-19)21(26)24-11-10-15-2-4-17(22)5-3-15/h2-9,12-14,25H,10-11H2,1H3,(H,24,26). The van der Waals surface area contributed by atoms with Crippen LogP contribution in [0.1, 0.15) is 15.9 Å². The van der Waals surface area contributed by atoms with E-state index in [0.717, 1.165) is 17.0 Å². The molecule has 0 atom stereocenters. The van der Waals surface area contributed by atoms with Crippen LogP contribution in [-0.4, -0.2) is 24.5 Å². The zero-order valence-electron chi connectivity index (χ0n) is 14.9.